The number of nitrogens with one attached hydrogen (secondary N) is 2. The lowest BCUT2D eigenvalue weighted by atomic mass is 10.0. The van der Waals surface area contributed by atoms with Gasteiger partial charge < -0.3 is 20.8 Å². The van der Waals surface area contributed by atoms with Crippen LogP contribution in [0.25, 0.3) is 0 Å². The molecule has 0 aromatic carbocycles. The molecule has 108 valence electrons. The van der Waals surface area contributed by atoms with Gasteiger partial charge in [0, 0.05) is 5.54 Å². The van der Waals surface area contributed by atoms with E-state index in [1.165, 1.54) is 0 Å². The second-order valence-electron chi connectivity index (χ2n) is 5.87. The zero-order valence-electron chi connectivity index (χ0n) is 12.2. The highest BCUT2D eigenvalue weighted by atomic mass is 16.4. The molecule has 1 unspecified atom stereocenters. The monoisotopic (exact) mass is 269 g/mol. The molecule has 7 heteroatoms. The molecule has 0 aliphatic heterocycles. The highest BCUT2D eigenvalue weighted by molar-refractivity contribution is 5.82. The van der Waals surface area contributed by atoms with E-state index in [2.05, 4.69) is 20.8 Å². The summed E-state index contributed by atoms with van der Waals surface area (Å²) < 4.78 is 5.41. The van der Waals surface area contributed by atoms with E-state index in [1.807, 2.05) is 34.6 Å². The number of hydrogen-bond donors (Lipinski definition) is 3. The molecule has 0 aliphatic rings. The van der Waals surface area contributed by atoms with E-state index >= 15 is 0 Å². The molecule has 0 aliphatic carbocycles. The van der Waals surface area contributed by atoms with Crippen LogP contribution in [0.3, 0.4) is 0 Å². The molecule has 0 bridgehead atoms. The first-order valence-electron chi connectivity index (χ1n) is 6.32. The smallest absolute Gasteiger partial charge is 0.316 e. The van der Waals surface area contributed by atoms with Crippen molar-refractivity contribution in [2.75, 3.05) is 5.32 Å². The Kier molecular flexibility index (Phi) is 4.88. The van der Waals surface area contributed by atoms with Gasteiger partial charge in [0.05, 0.1) is 6.54 Å². The maximum absolute atomic E-state index is 11.3. The van der Waals surface area contributed by atoms with Gasteiger partial charge in [-0.2, -0.15) is 0 Å². The lowest BCUT2D eigenvalue weighted by molar-refractivity contribution is -0.119. The second-order valence-corrected chi connectivity index (χ2v) is 5.87. The van der Waals surface area contributed by atoms with Crippen molar-refractivity contribution in [3.05, 3.63) is 5.89 Å². The molecule has 19 heavy (non-hydrogen) atoms. The summed E-state index contributed by atoms with van der Waals surface area (Å²) in [7, 11) is 0. The molecular formula is C12H23N5O2. The standard InChI is InChI=1S/C12H23N5O2/c1-7(2)9(10(13)18)15-11-17-16-8(19-11)6-14-12(3,4)5/h7,9,14H,6H2,1-5H3,(H2,13,18)(H,15,17). The van der Waals surface area contributed by atoms with E-state index < -0.39 is 11.9 Å². The van der Waals surface area contributed by atoms with Gasteiger partial charge in [0.2, 0.25) is 11.8 Å². The van der Waals surface area contributed by atoms with Gasteiger partial charge in [0.25, 0.3) is 0 Å². The number of nitrogens with two attached hydrogens (primary N) is 1. The number of anilines is 1. The molecule has 1 aromatic rings. The van der Waals surface area contributed by atoms with Crippen molar-refractivity contribution in [1.82, 2.24) is 15.5 Å². The first-order valence-corrected chi connectivity index (χ1v) is 6.32. The normalized spacial score (nSPS) is 13.6. The number of carbonyl (C=O) groups is 1. The second kappa shape index (κ2) is 6.01. The minimum absolute atomic E-state index is 0.0320. The predicted molar refractivity (Wildman–Crippen MR) is 72.3 cm³/mol. The molecule has 0 saturated heterocycles. The fraction of sp³-hybridized carbons (Fsp3) is 0.750. The Labute approximate surface area is 113 Å². The maximum Gasteiger partial charge on any atom is 0.316 e. The Morgan fingerprint density at radius 2 is 2.00 bits per heavy atom. The minimum atomic E-state index is -0.524. The molecule has 0 fully saturated rings. The zero-order valence-corrected chi connectivity index (χ0v) is 12.2. The van der Waals surface area contributed by atoms with E-state index in [-0.39, 0.29) is 17.5 Å². The molecule has 1 aromatic heterocycles. The first kappa shape index (κ1) is 15.4. The predicted octanol–water partition coefficient (Wildman–Crippen LogP) is 0.879. The van der Waals surface area contributed by atoms with Crippen LogP contribution in [0.4, 0.5) is 6.01 Å². The number of primary amides is 1. The Balaban J connectivity index is 2.61. The van der Waals surface area contributed by atoms with E-state index in [1.54, 1.807) is 0 Å². The highest BCUT2D eigenvalue weighted by Gasteiger charge is 2.21. The third-order valence-corrected chi connectivity index (χ3v) is 2.49. The van der Waals surface area contributed by atoms with E-state index in [9.17, 15) is 4.79 Å². The van der Waals surface area contributed by atoms with Crippen molar-refractivity contribution in [2.45, 2.75) is 52.7 Å². The molecule has 1 atom stereocenters. The van der Waals surface area contributed by atoms with Gasteiger partial charge in [-0.15, -0.1) is 5.10 Å². The van der Waals surface area contributed by atoms with Crippen LogP contribution in [0, 0.1) is 5.92 Å². The van der Waals surface area contributed by atoms with Crippen LogP contribution in [-0.2, 0) is 11.3 Å². The summed E-state index contributed by atoms with van der Waals surface area (Å²) in [6, 6.07) is -0.313. The molecule has 7 nitrogen and oxygen atoms in total. The third kappa shape index (κ3) is 5.25. The summed E-state index contributed by atoms with van der Waals surface area (Å²) in [6.45, 7) is 10.4. The van der Waals surface area contributed by atoms with Crippen LogP contribution < -0.4 is 16.4 Å². The van der Waals surface area contributed by atoms with Crippen LogP contribution >= 0.6 is 0 Å². The summed E-state index contributed by atoms with van der Waals surface area (Å²) in [4.78, 5) is 11.3. The van der Waals surface area contributed by atoms with E-state index in [0.717, 1.165) is 0 Å². The van der Waals surface area contributed by atoms with Crippen molar-refractivity contribution in [3.63, 3.8) is 0 Å². The molecule has 0 spiro atoms. The lowest BCUT2D eigenvalue weighted by Crippen LogP contribution is -2.39. The summed E-state index contributed by atoms with van der Waals surface area (Å²) in [6.07, 6.45) is 0. The Morgan fingerprint density at radius 3 is 2.47 bits per heavy atom. The molecule has 1 amide bonds. The largest absolute Gasteiger partial charge is 0.407 e. The summed E-state index contributed by atoms with van der Waals surface area (Å²) in [5.74, 6) is 0.0625. The van der Waals surface area contributed by atoms with Crippen LogP contribution in [0.5, 0.6) is 0 Å². The molecule has 0 saturated carbocycles. The third-order valence-electron chi connectivity index (χ3n) is 2.49. The molecule has 4 N–H and O–H groups in total. The van der Waals surface area contributed by atoms with E-state index in [0.29, 0.717) is 12.4 Å². The fourth-order valence-corrected chi connectivity index (χ4v) is 1.42. The van der Waals surface area contributed by atoms with Crippen LogP contribution in [0.2, 0.25) is 0 Å². The van der Waals surface area contributed by atoms with Gasteiger partial charge in [-0.25, -0.2) is 0 Å². The summed E-state index contributed by atoms with van der Waals surface area (Å²) in [5.41, 5.74) is 5.27. The average Bonchev–Trinajstić information content (AvgIpc) is 2.69. The van der Waals surface area contributed by atoms with Crippen LogP contribution in [0.15, 0.2) is 4.42 Å². The Hall–Kier alpha value is -1.63. The number of amides is 1. The number of aromatic nitrogens is 2. The number of hydrogen-bond acceptors (Lipinski definition) is 6. The number of rotatable bonds is 6. The van der Waals surface area contributed by atoms with Gasteiger partial charge in [0.15, 0.2) is 0 Å². The Bertz CT molecular complexity index is 422. The highest BCUT2D eigenvalue weighted by Crippen LogP contribution is 2.12. The van der Waals surface area contributed by atoms with E-state index in [4.69, 9.17) is 10.2 Å². The minimum Gasteiger partial charge on any atom is -0.407 e. The van der Waals surface area contributed by atoms with Gasteiger partial charge >= 0.3 is 6.01 Å². The van der Waals surface area contributed by atoms with Crippen molar-refractivity contribution < 1.29 is 9.21 Å². The van der Waals surface area contributed by atoms with Gasteiger partial charge in [-0.3, -0.25) is 4.79 Å². The van der Waals surface area contributed by atoms with Crippen LogP contribution in [0.1, 0.15) is 40.5 Å². The first-order chi connectivity index (χ1) is 8.69. The van der Waals surface area contributed by atoms with Gasteiger partial charge in [-0.05, 0) is 26.7 Å². The molecule has 1 rings (SSSR count). The quantitative estimate of drug-likeness (QED) is 0.708. The number of carbonyl (C=O) groups excluding carboxylic acids is 1. The van der Waals surface area contributed by atoms with Crippen molar-refractivity contribution in [2.24, 2.45) is 11.7 Å². The molecule has 0 radical (unpaired) electrons. The van der Waals surface area contributed by atoms with Gasteiger partial charge in [-0.1, -0.05) is 18.9 Å². The van der Waals surface area contributed by atoms with Crippen molar-refractivity contribution in [1.29, 1.82) is 0 Å². The fourth-order valence-electron chi connectivity index (χ4n) is 1.42. The SMILES string of the molecule is CC(C)C(Nc1nnc(CNC(C)(C)C)o1)C(N)=O. The van der Waals surface area contributed by atoms with Crippen molar-refractivity contribution >= 4 is 11.9 Å². The maximum atomic E-state index is 11.3. The topological polar surface area (TPSA) is 106 Å². The number of nitrogens with zero attached hydrogens (tertiary/aromatic N) is 2. The summed E-state index contributed by atoms with van der Waals surface area (Å²) >= 11 is 0. The van der Waals surface area contributed by atoms with Gasteiger partial charge in [0.1, 0.15) is 6.04 Å². The lowest BCUT2D eigenvalue weighted by Gasteiger charge is -2.19. The average molecular weight is 269 g/mol. The molecular weight excluding hydrogens is 246 g/mol. The van der Waals surface area contributed by atoms with Crippen molar-refractivity contribution in [3.8, 4) is 0 Å². The summed E-state index contributed by atoms with van der Waals surface area (Å²) in [5, 5.41) is 13.8. The van der Waals surface area contributed by atoms with Crippen LogP contribution in [-0.4, -0.2) is 27.7 Å². The molecule has 1 heterocycles. The Morgan fingerprint density at radius 1 is 1.37 bits per heavy atom. The zero-order chi connectivity index (χ0) is 14.6.